The number of nitriles is 1. The number of aryl methyl sites for hydroxylation is 2. The van der Waals surface area contributed by atoms with E-state index in [2.05, 4.69) is 16.5 Å². The Hall–Kier alpha value is -1.83. The van der Waals surface area contributed by atoms with Crippen LogP contribution in [0.1, 0.15) is 30.0 Å². The van der Waals surface area contributed by atoms with Crippen molar-refractivity contribution < 1.29 is 4.79 Å². The Labute approximate surface area is 95.1 Å². The number of hydrogen-bond donors (Lipinski definition) is 1. The number of aromatic nitrogens is 2. The molecule has 1 rings (SSSR count). The van der Waals surface area contributed by atoms with Gasteiger partial charge in [0.1, 0.15) is 5.69 Å². The fourth-order valence-electron chi connectivity index (χ4n) is 1.29. The van der Waals surface area contributed by atoms with Crippen LogP contribution in [0.4, 0.5) is 0 Å². The summed E-state index contributed by atoms with van der Waals surface area (Å²) in [6.07, 6.45) is 0.801. The highest BCUT2D eigenvalue weighted by Gasteiger charge is 2.12. The Balaban J connectivity index is 2.66. The Morgan fingerprint density at radius 3 is 2.94 bits per heavy atom. The Bertz CT molecular complexity index is 416. The summed E-state index contributed by atoms with van der Waals surface area (Å²) in [6, 6.07) is 3.84. The maximum atomic E-state index is 11.7. The molecule has 1 amide bonds. The molecule has 0 aliphatic heterocycles. The molecular formula is C11H16N4O. The first-order chi connectivity index (χ1) is 7.58. The van der Waals surface area contributed by atoms with Crippen LogP contribution in [-0.4, -0.2) is 22.2 Å². The molecule has 1 atom stereocenters. The minimum atomic E-state index is -0.184. The van der Waals surface area contributed by atoms with Crippen LogP contribution in [0.3, 0.4) is 0 Å². The first-order valence-electron chi connectivity index (χ1n) is 5.29. The van der Waals surface area contributed by atoms with E-state index >= 15 is 0 Å². The van der Waals surface area contributed by atoms with Gasteiger partial charge in [-0.05, 0) is 19.4 Å². The zero-order valence-corrected chi connectivity index (χ0v) is 9.82. The third-order valence-electron chi connectivity index (χ3n) is 2.31. The van der Waals surface area contributed by atoms with Gasteiger partial charge in [-0.15, -0.1) is 0 Å². The number of rotatable bonds is 4. The quantitative estimate of drug-likeness (QED) is 0.818. The zero-order valence-electron chi connectivity index (χ0n) is 9.82. The van der Waals surface area contributed by atoms with E-state index in [1.54, 1.807) is 24.7 Å². The van der Waals surface area contributed by atoms with Gasteiger partial charge in [0.05, 0.1) is 17.7 Å². The van der Waals surface area contributed by atoms with Crippen LogP contribution >= 0.6 is 0 Å². The summed E-state index contributed by atoms with van der Waals surface area (Å²) in [5.41, 5.74) is 1.42. The van der Waals surface area contributed by atoms with Crippen LogP contribution in [0.15, 0.2) is 6.07 Å². The van der Waals surface area contributed by atoms with Gasteiger partial charge in [0.2, 0.25) is 0 Å². The maximum absolute atomic E-state index is 11.7. The lowest BCUT2D eigenvalue weighted by Gasteiger charge is -2.05. The highest BCUT2D eigenvalue weighted by Crippen LogP contribution is 2.03. The van der Waals surface area contributed by atoms with Crippen LogP contribution in [0.25, 0.3) is 0 Å². The minimum absolute atomic E-state index is 0.178. The molecule has 0 spiro atoms. The van der Waals surface area contributed by atoms with E-state index in [0.717, 1.165) is 12.1 Å². The molecule has 0 radical (unpaired) electrons. The second-order valence-electron chi connectivity index (χ2n) is 3.74. The fraction of sp³-hybridized carbons (Fsp3) is 0.545. The van der Waals surface area contributed by atoms with Gasteiger partial charge >= 0.3 is 0 Å². The Kier molecular flexibility index (Phi) is 4.06. The summed E-state index contributed by atoms with van der Waals surface area (Å²) < 4.78 is 1.56. The van der Waals surface area contributed by atoms with Crippen molar-refractivity contribution in [2.24, 2.45) is 13.0 Å². The maximum Gasteiger partial charge on any atom is 0.269 e. The summed E-state index contributed by atoms with van der Waals surface area (Å²) in [7, 11) is 1.74. The molecule has 16 heavy (non-hydrogen) atoms. The molecule has 0 aliphatic rings. The van der Waals surface area contributed by atoms with Crippen LogP contribution in [0, 0.1) is 17.2 Å². The number of amides is 1. The Morgan fingerprint density at radius 1 is 1.75 bits per heavy atom. The van der Waals surface area contributed by atoms with E-state index in [0.29, 0.717) is 12.2 Å². The van der Waals surface area contributed by atoms with Crippen molar-refractivity contribution in [1.29, 1.82) is 5.26 Å². The summed E-state index contributed by atoms with van der Waals surface area (Å²) >= 11 is 0. The van der Waals surface area contributed by atoms with Gasteiger partial charge in [0.25, 0.3) is 5.91 Å². The molecule has 1 heterocycles. The van der Waals surface area contributed by atoms with Gasteiger partial charge in [-0.1, -0.05) is 6.92 Å². The molecule has 5 heteroatoms. The highest BCUT2D eigenvalue weighted by molar-refractivity contribution is 5.92. The summed E-state index contributed by atoms with van der Waals surface area (Å²) in [5, 5.41) is 15.5. The minimum Gasteiger partial charge on any atom is -0.349 e. The van der Waals surface area contributed by atoms with Crippen LogP contribution in [0.5, 0.6) is 0 Å². The number of carbonyl (C=O) groups excluding carboxylic acids is 1. The van der Waals surface area contributed by atoms with Crippen LogP contribution < -0.4 is 5.32 Å². The molecule has 1 unspecified atom stereocenters. The van der Waals surface area contributed by atoms with Gasteiger partial charge in [-0.2, -0.15) is 10.4 Å². The number of nitrogens with one attached hydrogen (secondary N) is 1. The molecular weight excluding hydrogens is 204 g/mol. The van der Waals surface area contributed by atoms with Gasteiger partial charge in [-0.25, -0.2) is 0 Å². The molecule has 1 aromatic rings. The van der Waals surface area contributed by atoms with E-state index in [1.807, 2.05) is 6.92 Å². The summed E-state index contributed by atoms with van der Waals surface area (Å²) in [6.45, 7) is 4.12. The number of nitrogens with zero attached hydrogens (tertiary/aromatic N) is 3. The first-order valence-corrected chi connectivity index (χ1v) is 5.29. The molecule has 1 N–H and O–H groups in total. The average molecular weight is 220 g/mol. The van der Waals surface area contributed by atoms with E-state index in [9.17, 15) is 4.79 Å². The third-order valence-corrected chi connectivity index (χ3v) is 2.31. The highest BCUT2D eigenvalue weighted by atomic mass is 16.2. The number of hydrogen-bond acceptors (Lipinski definition) is 3. The molecule has 0 bridgehead atoms. The van der Waals surface area contributed by atoms with Crippen molar-refractivity contribution in [3.8, 4) is 6.07 Å². The van der Waals surface area contributed by atoms with E-state index in [-0.39, 0.29) is 11.8 Å². The molecule has 1 aromatic heterocycles. The fourth-order valence-corrected chi connectivity index (χ4v) is 1.29. The largest absolute Gasteiger partial charge is 0.349 e. The van der Waals surface area contributed by atoms with E-state index < -0.39 is 0 Å². The van der Waals surface area contributed by atoms with Crippen molar-refractivity contribution >= 4 is 5.91 Å². The topological polar surface area (TPSA) is 70.7 Å². The predicted molar refractivity (Wildman–Crippen MR) is 59.7 cm³/mol. The van der Waals surface area contributed by atoms with Crippen molar-refractivity contribution in [1.82, 2.24) is 15.1 Å². The van der Waals surface area contributed by atoms with E-state index in [4.69, 9.17) is 5.26 Å². The normalized spacial score (nSPS) is 11.9. The average Bonchev–Trinajstić information content (AvgIpc) is 2.67. The lowest BCUT2D eigenvalue weighted by molar-refractivity contribution is 0.0941. The predicted octanol–water partition coefficient (Wildman–Crippen LogP) is 0.872. The van der Waals surface area contributed by atoms with Crippen LogP contribution in [0.2, 0.25) is 0 Å². The second-order valence-corrected chi connectivity index (χ2v) is 3.74. The molecule has 86 valence electrons. The lowest BCUT2D eigenvalue weighted by Crippen LogP contribution is -2.29. The summed E-state index contributed by atoms with van der Waals surface area (Å²) in [4.78, 5) is 11.7. The van der Waals surface area contributed by atoms with Crippen molar-refractivity contribution in [2.45, 2.75) is 20.3 Å². The zero-order chi connectivity index (χ0) is 12.1. The van der Waals surface area contributed by atoms with Crippen LogP contribution in [-0.2, 0) is 13.5 Å². The molecule has 0 aromatic carbocycles. The van der Waals surface area contributed by atoms with Crippen molar-refractivity contribution in [2.75, 3.05) is 6.54 Å². The first kappa shape index (κ1) is 12.2. The second kappa shape index (κ2) is 5.31. The van der Waals surface area contributed by atoms with Gasteiger partial charge in [-0.3, -0.25) is 9.48 Å². The summed E-state index contributed by atoms with van der Waals surface area (Å²) in [5.74, 6) is -0.361. The lowest BCUT2D eigenvalue weighted by atomic mass is 10.2. The SMILES string of the molecule is CCc1cc(C(=O)NCC(C)C#N)n(C)n1. The monoisotopic (exact) mass is 220 g/mol. The molecule has 0 fully saturated rings. The van der Waals surface area contributed by atoms with Crippen molar-refractivity contribution in [3.05, 3.63) is 17.5 Å². The molecule has 0 saturated carbocycles. The number of carbonyl (C=O) groups is 1. The van der Waals surface area contributed by atoms with Crippen molar-refractivity contribution in [3.63, 3.8) is 0 Å². The Morgan fingerprint density at radius 2 is 2.44 bits per heavy atom. The van der Waals surface area contributed by atoms with Gasteiger partial charge in [0.15, 0.2) is 0 Å². The van der Waals surface area contributed by atoms with Gasteiger partial charge < -0.3 is 5.32 Å². The third kappa shape index (κ3) is 2.83. The van der Waals surface area contributed by atoms with Gasteiger partial charge in [0, 0.05) is 13.6 Å². The molecule has 0 aliphatic carbocycles. The standard InChI is InChI=1S/C11H16N4O/c1-4-9-5-10(15(3)14-9)11(16)13-7-8(2)6-12/h5,8H,4,7H2,1-3H3,(H,13,16). The smallest absolute Gasteiger partial charge is 0.269 e. The molecule has 5 nitrogen and oxygen atoms in total. The molecule has 0 saturated heterocycles. The van der Waals surface area contributed by atoms with E-state index in [1.165, 1.54) is 0 Å².